The van der Waals surface area contributed by atoms with Gasteiger partial charge < -0.3 is 4.57 Å². The molecule has 1 N–H and O–H groups in total. The number of hydrogen-bond donors (Lipinski definition) is 1. The molecule has 2 aromatic heterocycles. The number of halogens is 2. The molecule has 5 nitrogen and oxygen atoms in total. The van der Waals surface area contributed by atoms with E-state index in [1.54, 1.807) is 41.1 Å². The maximum atomic E-state index is 15.0. The van der Waals surface area contributed by atoms with Crippen molar-refractivity contribution >= 4 is 26.6 Å². The molecule has 0 fully saturated rings. The lowest BCUT2D eigenvalue weighted by molar-refractivity contribution is 0.0427. The number of sulfonamides is 1. The van der Waals surface area contributed by atoms with Gasteiger partial charge in [-0.25, -0.2) is 8.42 Å². The largest absolute Gasteiger partial charge is 0.316 e. The molecule has 0 unspecified atom stereocenters. The Labute approximate surface area is 166 Å². The van der Waals surface area contributed by atoms with Crippen LogP contribution in [0.3, 0.4) is 0 Å². The number of nitrogens with zero attached hydrogens (tertiary/aromatic N) is 2. The zero-order chi connectivity index (χ0) is 20.6. The molecule has 0 saturated heterocycles. The summed E-state index contributed by atoms with van der Waals surface area (Å²) in [6.07, 6.45) is 5.51. The summed E-state index contributed by atoms with van der Waals surface area (Å²) in [5.41, 5.74) is 1.36. The van der Waals surface area contributed by atoms with Crippen molar-refractivity contribution in [3.63, 3.8) is 0 Å². The van der Waals surface area contributed by atoms with Crippen LogP contribution in [0.2, 0.25) is 0 Å². The van der Waals surface area contributed by atoms with E-state index in [9.17, 15) is 17.2 Å². The summed E-state index contributed by atoms with van der Waals surface area (Å²) in [7, 11) is -3.43. The number of fused-ring (bicyclic) bond motifs is 1. The summed E-state index contributed by atoms with van der Waals surface area (Å²) >= 11 is 0. The SMILES string of the molecule is CS(=O)(=O)Nc1ccc2ccn(-c3cccc(C(F)(F)c4ccncc4)c3)c2c1. The van der Waals surface area contributed by atoms with Gasteiger partial charge in [-0.05, 0) is 42.5 Å². The lowest BCUT2D eigenvalue weighted by Crippen LogP contribution is -2.15. The van der Waals surface area contributed by atoms with Crippen LogP contribution in [0.1, 0.15) is 11.1 Å². The molecule has 0 aliphatic rings. The minimum Gasteiger partial charge on any atom is -0.316 e. The van der Waals surface area contributed by atoms with E-state index in [2.05, 4.69) is 9.71 Å². The van der Waals surface area contributed by atoms with Crippen LogP contribution in [0.4, 0.5) is 14.5 Å². The van der Waals surface area contributed by atoms with Crippen LogP contribution >= 0.6 is 0 Å². The molecule has 148 valence electrons. The van der Waals surface area contributed by atoms with Crippen LogP contribution in [-0.4, -0.2) is 24.2 Å². The van der Waals surface area contributed by atoms with Gasteiger partial charge in [0.05, 0.1) is 17.5 Å². The van der Waals surface area contributed by atoms with E-state index in [1.165, 1.54) is 36.7 Å². The molecular formula is C21H17F2N3O2S. The highest BCUT2D eigenvalue weighted by molar-refractivity contribution is 7.92. The predicted molar refractivity (Wildman–Crippen MR) is 109 cm³/mol. The third-order valence-electron chi connectivity index (χ3n) is 4.53. The minimum absolute atomic E-state index is 0.137. The van der Waals surface area contributed by atoms with Gasteiger partial charge in [-0.15, -0.1) is 0 Å². The summed E-state index contributed by atoms with van der Waals surface area (Å²) in [6, 6.07) is 15.6. The second-order valence-corrected chi connectivity index (χ2v) is 8.44. The second-order valence-electron chi connectivity index (χ2n) is 6.69. The zero-order valence-electron chi connectivity index (χ0n) is 15.4. The summed E-state index contributed by atoms with van der Waals surface area (Å²) in [5.74, 6) is -3.18. The van der Waals surface area contributed by atoms with Gasteiger partial charge in [0.25, 0.3) is 5.92 Å². The Morgan fingerprint density at radius 1 is 0.966 bits per heavy atom. The van der Waals surface area contributed by atoms with Crippen molar-refractivity contribution in [2.45, 2.75) is 5.92 Å². The Bertz CT molecular complexity index is 1290. The number of rotatable bonds is 5. The van der Waals surface area contributed by atoms with Gasteiger partial charge in [-0.2, -0.15) is 8.78 Å². The maximum Gasteiger partial charge on any atom is 0.298 e. The van der Waals surface area contributed by atoms with E-state index in [0.29, 0.717) is 16.9 Å². The smallest absolute Gasteiger partial charge is 0.298 e. The van der Waals surface area contributed by atoms with Crippen LogP contribution in [0, 0.1) is 0 Å². The van der Waals surface area contributed by atoms with Gasteiger partial charge in [0.1, 0.15) is 0 Å². The summed E-state index contributed by atoms with van der Waals surface area (Å²) in [4.78, 5) is 3.79. The highest BCUT2D eigenvalue weighted by Crippen LogP contribution is 2.36. The average Bonchev–Trinajstić information content (AvgIpc) is 3.11. The molecule has 0 atom stereocenters. The topological polar surface area (TPSA) is 64.0 Å². The van der Waals surface area contributed by atoms with Crippen molar-refractivity contribution in [3.05, 3.63) is 90.4 Å². The van der Waals surface area contributed by atoms with E-state index >= 15 is 0 Å². The second kappa shape index (κ2) is 6.97. The molecular weight excluding hydrogens is 396 g/mol. The van der Waals surface area contributed by atoms with Crippen LogP contribution in [0.15, 0.2) is 79.3 Å². The van der Waals surface area contributed by atoms with Crippen molar-refractivity contribution in [2.75, 3.05) is 11.0 Å². The van der Waals surface area contributed by atoms with E-state index in [0.717, 1.165) is 11.6 Å². The Kier molecular flexibility index (Phi) is 4.58. The normalized spacial score (nSPS) is 12.2. The molecule has 4 aromatic rings. The predicted octanol–water partition coefficient (Wildman–Crippen LogP) is 4.54. The zero-order valence-corrected chi connectivity index (χ0v) is 16.2. The van der Waals surface area contributed by atoms with E-state index < -0.39 is 15.9 Å². The number of benzene rings is 2. The summed E-state index contributed by atoms with van der Waals surface area (Å²) in [5, 5.41) is 0.857. The highest BCUT2D eigenvalue weighted by atomic mass is 32.2. The van der Waals surface area contributed by atoms with Gasteiger partial charge in [0.15, 0.2) is 0 Å². The van der Waals surface area contributed by atoms with E-state index in [1.807, 2.05) is 6.07 Å². The molecule has 29 heavy (non-hydrogen) atoms. The number of hydrogen-bond acceptors (Lipinski definition) is 3. The highest BCUT2D eigenvalue weighted by Gasteiger charge is 2.34. The molecule has 0 aliphatic heterocycles. The Hall–Kier alpha value is -3.26. The number of pyridine rings is 1. The summed E-state index contributed by atoms with van der Waals surface area (Å²) < 4.78 is 57.1. The lowest BCUT2D eigenvalue weighted by atomic mass is 10.0. The number of alkyl halides is 2. The third-order valence-corrected chi connectivity index (χ3v) is 5.13. The van der Waals surface area contributed by atoms with Crippen molar-refractivity contribution < 1.29 is 17.2 Å². The standard InChI is InChI=1S/C21H17F2N3O2S/c1-29(27,28)25-18-6-5-15-9-12-26(20(15)14-18)19-4-2-3-17(13-19)21(22,23)16-7-10-24-11-8-16/h2-14,25H,1H3. The van der Waals surface area contributed by atoms with Crippen molar-refractivity contribution in [3.8, 4) is 5.69 Å². The monoisotopic (exact) mass is 413 g/mol. The molecule has 0 spiro atoms. The summed E-state index contributed by atoms with van der Waals surface area (Å²) in [6.45, 7) is 0. The molecule has 2 heterocycles. The molecule has 8 heteroatoms. The maximum absolute atomic E-state index is 15.0. The first-order valence-corrected chi connectivity index (χ1v) is 10.6. The van der Waals surface area contributed by atoms with Gasteiger partial charge in [-0.3, -0.25) is 9.71 Å². The van der Waals surface area contributed by atoms with Crippen LogP contribution in [0.25, 0.3) is 16.6 Å². The van der Waals surface area contributed by atoms with E-state index in [4.69, 9.17) is 0 Å². The van der Waals surface area contributed by atoms with Gasteiger partial charge in [0, 0.05) is 40.8 Å². The average molecular weight is 413 g/mol. The Morgan fingerprint density at radius 3 is 2.45 bits per heavy atom. The fourth-order valence-corrected chi connectivity index (χ4v) is 3.77. The minimum atomic E-state index is -3.43. The Morgan fingerprint density at radius 2 is 1.72 bits per heavy atom. The quantitative estimate of drug-likeness (QED) is 0.523. The molecule has 0 amide bonds. The molecule has 0 aliphatic carbocycles. The lowest BCUT2D eigenvalue weighted by Gasteiger charge is -2.18. The molecule has 2 aromatic carbocycles. The number of aromatic nitrogens is 2. The fourth-order valence-electron chi connectivity index (χ4n) is 3.21. The molecule has 4 rings (SSSR count). The van der Waals surface area contributed by atoms with Gasteiger partial charge in [0.2, 0.25) is 10.0 Å². The first-order valence-electron chi connectivity index (χ1n) is 8.72. The van der Waals surface area contributed by atoms with Crippen molar-refractivity contribution in [2.24, 2.45) is 0 Å². The van der Waals surface area contributed by atoms with Crippen LogP contribution in [-0.2, 0) is 15.9 Å². The molecule has 0 saturated carbocycles. The molecule has 0 bridgehead atoms. The van der Waals surface area contributed by atoms with Crippen molar-refractivity contribution in [1.29, 1.82) is 0 Å². The number of nitrogens with one attached hydrogen (secondary N) is 1. The first kappa shape index (κ1) is 19.1. The van der Waals surface area contributed by atoms with E-state index in [-0.39, 0.29) is 11.1 Å². The van der Waals surface area contributed by atoms with Crippen LogP contribution in [0.5, 0.6) is 0 Å². The van der Waals surface area contributed by atoms with Crippen LogP contribution < -0.4 is 4.72 Å². The van der Waals surface area contributed by atoms with Gasteiger partial charge >= 0.3 is 0 Å². The van der Waals surface area contributed by atoms with Crippen molar-refractivity contribution in [1.82, 2.24) is 9.55 Å². The fraction of sp³-hybridized carbons (Fsp3) is 0.0952. The first-order chi connectivity index (χ1) is 13.7. The Balaban J connectivity index is 1.79. The number of anilines is 1. The third kappa shape index (κ3) is 3.84. The molecule has 0 radical (unpaired) electrons. The van der Waals surface area contributed by atoms with Gasteiger partial charge in [-0.1, -0.05) is 18.2 Å².